The summed E-state index contributed by atoms with van der Waals surface area (Å²) in [6.07, 6.45) is 5.48. The third-order valence-electron chi connectivity index (χ3n) is 3.90. The van der Waals surface area contributed by atoms with E-state index in [0.717, 1.165) is 26.8 Å². The molecule has 2 aromatic heterocycles. The number of hydrogen-bond acceptors (Lipinski definition) is 2. The van der Waals surface area contributed by atoms with Gasteiger partial charge in [0.1, 0.15) is 0 Å². The molecule has 1 amide bonds. The number of benzene rings is 2. The van der Waals surface area contributed by atoms with E-state index < -0.39 is 0 Å². The number of pyridine rings is 1. The number of carbonyl (C=O) groups excluding carboxylic acids is 1. The van der Waals surface area contributed by atoms with Crippen LogP contribution in [0.1, 0.15) is 10.4 Å². The summed E-state index contributed by atoms with van der Waals surface area (Å²) in [6, 6.07) is 19.9. The van der Waals surface area contributed by atoms with Crippen LogP contribution in [0.5, 0.6) is 0 Å². The summed E-state index contributed by atoms with van der Waals surface area (Å²) in [5, 5.41) is 3.87. The number of aromatic nitrogens is 2. The topological polar surface area (TPSA) is 46.9 Å². The van der Waals surface area contributed by atoms with Crippen molar-refractivity contribution in [3.05, 3.63) is 89.3 Å². The first-order valence-electron chi connectivity index (χ1n) is 7.71. The predicted molar refractivity (Wildman–Crippen MR) is 102 cm³/mol. The lowest BCUT2D eigenvalue weighted by Crippen LogP contribution is -2.12. The molecule has 1 radical (unpaired) electrons. The Bertz CT molecular complexity index is 1060. The van der Waals surface area contributed by atoms with Crippen LogP contribution in [0.15, 0.2) is 77.7 Å². The number of hydrogen-bond donors (Lipinski definition) is 1. The lowest BCUT2D eigenvalue weighted by Gasteiger charge is -2.10. The van der Waals surface area contributed by atoms with Crippen molar-refractivity contribution >= 4 is 38.4 Å². The number of carbonyl (C=O) groups is 1. The summed E-state index contributed by atoms with van der Waals surface area (Å²) in [7, 11) is 0. The summed E-state index contributed by atoms with van der Waals surface area (Å²) >= 11 is 3.39. The number of amides is 1. The molecule has 0 bridgehead atoms. The quantitative estimate of drug-likeness (QED) is 0.543. The van der Waals surface area contributed by atoms with E-state index in [2.05, 4.69) is 32.3 Å². The molecule has 2 aromatic carbocycles. The number of anilines is 1. The molecule has 0 saturated carbocycles. The largest absolute Gasteiger partial charge is 0.323 e. The van der Waals surface area contributed by atoms with Crippen LogP contribution in [0.3, 0.4) is 0 Å². The monoisotopic (exact) mass is 390 g/mol. The predicted octanol–water partition coefficient (Wildman–Crippen LogP) is 4.84. The Kier molecular flexibility index (Phi) is 4.07. The lowest BCUT2D eigenvalue weighted by molar-refractivity contribution is 0.102. The summed E-state index contributed by atoms with van der Waals surface area (Å²) in [6.45, 7) is 0. The number of halogens is 1. The van der Waals surface area contributed by atoms with Crippen LogP contribution in [0.25, 0.3) is 16.6 Å². The van der Waals surface area contributed by atoms with Gasteiger partial charge in [0, 0.05) is 45.8 Å². The summed E-state index contributed by atoms with van der Waals surface area (Å²) in [5.74, 6) is -0.159. The molecule has 0 aliphatic rings. The van der Waals surface area contributed by atoms with E-state index in [4.69, 9.17) is 0 Å². The van der Waals surface area contributed by atoms with Crippen molar-refractivity contribution in [2.24, 2.45) is 0 Å². The molecule has 0 fully saturated rings. The van der Waals surface area contributed by atoms with Crippen molar-refractivity contribution in [2.75, 3.05) is 5.32 Å². The number of rotatable bonds is 3. The van der Waals surface area contributed by atoms with Crippen molar-refractivity contribution in [1.29, 1.82) is 0 Å². The van der Waals surface area contributed by atoms with Gasteiger partial charge in [-0.1, -0.05) is 22.0 Å². The van der Waals surface area contributed by atoms with Crippen molar-refractivity contribution < 1.29 is 4.79 Å². The Morgan fingerprint density at radius 2 is 2.08 bits per heavy atom. The summed E-state index contributed by atoms with van der Waals surface area (Å²) < 4.78 is 2.83. The van der Waals surface area contributed by atoms with Crippen molar-refractivity contribution in [3.8, 4) is 5.69 Å². The second-order valence-corrected chi connectivity index (χ2v) is 6.46. The van der Waals surface area contributed by atoms with E-state index in [-0.39, 0.29) is 5.91 Å². The molecule has 121 valence electrons. The highest BCUT2D eigenvalue weighted by Crippen LogP contribution is 2.25. The van der Waals surface area contributed by atoms with Gasteiger partial charge in [-0.25, -0.2) is 0 Å². The molecule has 0 aliphatic carbocycles. The number of nitrogens with one attached hydrogen (secondary N) is 1. The molecular formula is C20H13BrN3O. The highest BCUT2D eigenvalue weighted by molar-refractivity contribution is 9.10. The Labute approximate surface area is 153 Å². The van der Waals surface area contributed by atoms with Gasteiger partial charge in [0.15, 0.2) is 0 Å². The van der Waals surface area contributed by atoms with Gasteiger partial charge < -0.3 is 9.88 Å². The normalized spacial score (nSPS) is 10.8. The first-order valence-corrected chi connectivity index (χ1v) is 8.50. The van der Waals surface area contributed by atoms with Gasteiger partial charge in [-0.2, -0.15) is 0 Å². The zero-order valence-electron chi connectivity index (χ0n) is 13.1. The molecule has 2 heterocycles. The molecule has 5 heteroatoms. The molecule has 25 heavy (non-hydrogen) atoms. The first-order chi connectivity index (χ1) is 12.2. The van der Waals surface area contributed by atoms with Gasteiger partial charge in [-0.05, 0) is 48.5 Å². The summed E-state index contributed by atoms with van der Waals surface area (Å²) in [4.78, 5) is 16.9. The smallest absolute Gasteiger partial charge is 0.255 e. The second kappa shape index (κ2) is 6.53. The van der Waals surface area contributed by atoms with E-state index in [1.165, 1.54) is 0 Å². The highest BCUT2D eigenvalue weighted by Gasteiger charge is 2.10. The Morgan fingerprint density at radius 1 is 1.16 bits per heavy atom. The van der Waals surface area contributed by atoms with Crippen LogP contribution in [-0.4, -0.2) is 15.5 Å². The standard InChI is InChI=1S/C20H13BrN3O/c21-15-5-3-4-14(12-15)20(25)23-19-8-9-22-18-7-6-16(13-17(18)19)24-10-1-2-11-24/h1,3-13H,(H,22,23,25). The van der Waals surface area contributed by atoms with E-state index in [1.54, 1.807) is 18.3 Å². The second-order valence-electron chi connectivity index (χ2n) is 5.54. The van der Waals surface area contributed by atoms with Crippen LogP contribution in [-0.2, 0) is 0 Å². The maximum atomic E-state index is 12.6. The van der Waals surface area contributed by atoms with Crippen LogP contribution in [0.4, 0.5) is 5.69 Å². The minimum atomic E-state index is -0.159. The molecule has 0 aliphatic heterocycles. The molecule has 0 saturated heterocycles. The van der Waals surface area contributed by atoms with Gasteiger partial charge >= 0.3 is 0 Å². The fourth-order valence-electron chi connectivity index (χ4n) is 2.68. The molecule has 0 unspecified atom stereocenters. The molecule has 0 atom stereocenters. The minimum absolute atomic E-state index is 0.159. The van der Waals surface area contributed by atoms with E-state index >= 15 is 0 Å². The van der Waals surface area contributed by atoms with Crippen molar-refractivity contribution in [2.45, 2.75) is 0 Å². The molecule has 1 N–H and O–H groups in total. The van der Waals surface area contributed by atoms with Crippen LogP contribution < -0.4 is 5.32 Å². The molecule has 4 aromatic rings. The van der Waals surface area contributed by atoms with Gasteiger partial charge in [-0.15, -0.1) is 0 Å². The molecular weight excluding hydrogens is 378 g/mol. The van der Waals surface area contributed by atoms with Crippen LogP contribution >= 0.6 is 15.9 Å². The maximum absolute atomic E-state index is 12.6. The number of fused-ring (bicyclic) bond motifs is 1. The zero-order valence-corrected chi connectivity index (χ0v) is 14.7. The average Bonchev–Trinajstić information content (AvgIpc) is 3.16. The zero-order chi connectivity index (χ0) is 17.2. The lowest BCUT2D eigenvalue weighted by atomic mass is 10.1. The van der Waals surface area contributed by atoms with E-state index in [1.807, 2.05) is 59.4 Å². The molecule has 0 spiro atoms. The van der Waals surface area contributed by atoms with Gasteiger partial charge in [0.2, 0.25) is 0 Å². The van der Waals surface area contributed by atoms with Crippen molar-refractivity contribution in [1.82, 2.24) is 9.55 Å². The SMILES string of the molecule is O=C(Nc1ccnc2ccc(-n3c[c]cc3)cc12)c1cccc(Br)c1. The van der Waals surface area contributed by atoms with Gasteiger partial charge in [0.05, 0.1) is 11.2 Å². The number of nitrogens with zero attached hydrogens (tertiary/aromatic N) is 2. The molecule has 4 nitrogen and oxygen atoms in total. The first kappa shape index (κ1) is 15.6. The fraction of sp³-hybridized carbons (Fsp3) is 0. The van der Waals surface area contributed by atoms with Crippen molar-refractivity contribution in [3.63, 3.8) is 0 Å². The summed E-state index contributed by atoms with van der Waals surface area (Å²) in [5.41, 5.74) is 3.13. The van der Waals surface area contributed by atoms with Crippen LogP contribution in [0, 0.1) is 6.07 Å². The van der Waals surface area contributed by atoms with Crippen LogP contribution in [0.2, 0.25) is 0 Å². The Hall–Kier alpha value is -2.92. The average molecular weight is 391 g/mol. The Balaban J connectivity index is 1.74. The third-order valence-corrected chi connectivity index (χ3v) is 4.40. The third kappa shape index (κ3) is 3.19. The minimum Gasteiger partial charge on any atom is -0.323 e. The molecule has 4 rings (SSSR count). The van der Waals surface area contributed by atoms with Gasteiger partial charge in [0.25, 0.3) is 5.91 Å². The fourth-order valence-corrected chi connectivity index (χ4v) is 3.08. The van der Waals surface area contributed by atoms with E-state index in [9.17, 15) is 4.79 Å². The highest BCUT2D eigenvalue weighted by atomic mass is 79.9. The van der Waals surface area contributed by atoms with E-state index in [0.29, 0.717) is 5.56 Å². The Morgan fingerprint density at radius 3 is 2.88 bits per heavy atom. The van der Waals surface area contributed by atoms with Gasteiger partial charge in [-0.3, -0.25) is 9.78 Å². The maximum Gasteiger partial charge on any atom is 0.255 e.